The first-order valence-corrected chi connectivity index (χ1v) is 5.79. The highest BCUT2D eigenvalue weighted by atomic mass is 15.3. The number of hydrogen-bond acceptors (Lipinski definition) is 3. The van der Waals surface area contributed by atoms with Crippen molar-refractivity contribution in [3.63, 3.8) is 0 Å². The Bertz CT molecular complexity index is 490. The highest BCUT2D eigenvalue weighted by molar-refractivity contribution is 5.21. The van der Waals surface area contributed by atoms with Crippen LogP contribution in [0, 0.1) is 6.92 Å². The summed E-state index contributed by atoms with van der Waals surface area (Å²) in [6.07, 6.45) is 5.56. The molecule has 1 atom stereocenters. The Morgan fingerprint density at radius 2 is 2.18 bits per heavy atom. The van der Waals surface area contributed by atoms with Crippen molar-refractivity contribution >= 4 is 0 Å². The summed E-state index contributed by atoms with van der Waals surface area (Å²) in [5.41, 5.74) is 3.69. The Morgan fingerprint density at radius 1 is 1.35 bits per heavy atom. The van der Waals surface area contributed by atoms with Gasteiger partial charge in [-0.25, -0.2) is 0 Å². The van der Waals surface area contributed by atoms with Crippen LogP contribution < -0.4 is 5.32 Å². The van der Waals surface area contributed by atoms with Gasteiger partial charge in [0, 0.05) is 38.2 Å². The summed E-state index contributed by atoms with van der Waals surface area (Å²) in [5.74, 6) is 0. The van der Waals surface area contributed by atoms with Crippen LogP contribution in [0.2, 0.25) is 0 Å². The fourth-order valence-corrected chi connectivity index (χ4v) is 1.86. The summed E-state index contributed by atoms with van der Waals surface area (Å²) < 4.78 is 1.90. The van der Waals surface area contributed by atoms with Crippen LogP contribution in [0.5, 0.6) is 0 Å². The first-order valence-electron chi connectivity index (χ1n) is 5.79. The Morgan fingerprint density at radius 3 is 2.82 bits per heavy atom. The van der Waals surface area contributed by atoms with Crippen molar-refractivity contribution in [3.8, 4) is 0 Å². The van der Waals surface area contributed by atoms with E-state index in [0.29, 0.717) is 0 Å². The molecule has 2 aromatic heterocycles. The number of rotatable bonds is 4. The number of aromatic nitrogens is 3. The van der Waals surface area contributed by atoms with Crippen molar-refractivity contribution in [2.45, 2.75) is 26.4 Å². The quantitative estimate of drug-likeness (QED) is 0.873. The molecule has 4 heteroatoms. The first kappa shape index (κ1) is 11.8. The average molecular weight is 230 g/mol. The van der Waals surface area contributed by atoms with Gasteiger partial charge in [-0.2, -0.15) is 5.10 Å². The highest BCUT2D eigenvalue weighted by Crippen LogP contribution is 2.12. The molecule has 0 aromatic carbocycles. The van der Waals surface area contributed by atoms with Gasteiger partial charge in [0.25, 0.3) is 0 Å². The average Bonchev–Trinajstić information content (AvgIpc) is 2.74. The summed E-state index contributed by atoms with van der Waals surface area (Å²) in [5, 5.41) is 7.66. The van der Waals surface area contributed by atoms with Crippen molar-refractivity contribution in [2.24, 2.45) is 7.05 Å². The summed E-state index contributed by atoms with van der Waals surface area (Å²) in [6, 6.07) is 4.35. The molecule has 0 saturated heterocycles. The highest BCUT2D eigenvalue weighted by Gasteiger charge is 2.08. The number of nitrogens with one attached hydrogen (secondary N) is 1. The third kappa shape index (κ3) is 2.71. The maximum atomic E-state index is 4.17. The van der Waals surface area contributed by atoms with Crippen LogP contribution in [0.15, 0.2) is 30.7 Å². The molecule has 0 saturated carbocycles. The van der Waals surface area contributed by atoms with E-state index in [4.69, 9.17) is 0 Å². The molecule has 0 radical (unpaired) electrons. The van der Waals surface area contributed by atoms with Gasteiger partial charge in [0.2, 0.25) is 0 Å². The van der Waals surface area contributed by atoms with Gasteiger partial charge in [0.15, 0.2) is 0 Å². The van der Waals surface area contributed by atoms with E-state index in [2.05, 4.69) is 29.2 Å². The van der Waals surface area contributed by atoms with E-state index in [-0.39, 0.29) is 6.04 Å². The Labute approximate surface area is 102 Å². The molecule has 17 heavy (non-hydrogen) atoms. The summed E-state index contributed by atoms with van der Waals surface area (Å²) >= 11 is 0. The van der Waals surface area contributed by atoms with Crippen molar-refractivity contribution in [1.29, 1.82) is 0 Å². The third-order valence-electron chi connectivity index (χ3n) is 3.05. The topological polar surface area (TPSA) is 42.7 Å². The fourth-order valence-electron chi connectivity index (χ4n) is 1.86. The first-order chi connectivity index (χ1) is 8.18. The second-order valence-corrected chi connectivity index (χ2v) is 4.28. The van der Waals surface area contributed by atoms with Crippen molar-refractivity contribution in [3.05, 3.63) is 47.5 Å². The standard InChI is InChI=1S/C13H18N4/c1-10-4-6-14-8-12(10)9-15-11(2)13-5-7-16-17(13)3/h4-8,11,15H,9H2,1-3H3. The van der Waals surface area contributed by atoms with Crippen LogP contribution >= 0.6 is 0 Å². The van der Waals surface area contributed by atoms with Crippen molar-refractivity contribution in [2.75, 3.05) is 0 Å². The monoisotopic (exact) mass is 230 g/mol. The predicted octanol–water partition coefficient (Wildman–Crippen LogP) is 1.97. The van der Waals surface area contributed by atoms with Crippen molar-refractivity contribution in [1.82, 2.24) is 20.1 Å². The van der Waals surface area contributed by atoms with Crippen LogP contribution in [-0.4, -0.2) is 14.8 Å². The number of pyridine rings is 1. The zero-order valence-electron chi connectivity index (χ0n) is 10.5. The smallest absolute Gasteiger partial charge is 0.0547 e. The lowest BCUT2D eigenvalue weighted by Gasteiger charge is -2.14. The minimum atomic E-state index is 0.280. The largest absolute Gasteiger partial charge is 0.305 e. The Hall–Kier alpha value is -1.68. The van der Waals surface area contributed by atoms with Crippen LogP contribution in [0.25, 0.3) is 0 Å². The zero-order chi connectivity index (χ0) is 12.3. The molecular formula is C13H18N4. The molecule has 90 valence electrons. The molecule has 1 N–H and O–H groups in total. The molecule has 0 aliphatic heterocycles. The lowest BCUT2D eigenvalue weighted by molar-refractivity contribution is 0.528. The van der Waals surface area contributed by atoms with Crippen LogP contribution in [-0.2, 0) is 13.6 Å². The van der Waals surface area contributed by atoms with Gasteiger partial charge in [-0.1, -0.05) is 0 Å². The van der Waals surface area contributed by atoms with Crippen LogP contribution in [0.4, 0.5) is 0 Å². The summed E-state index contributed by atoms with van der Waals surface area (Å²) in [4.78, 5) is 4.15. The van der Waals surface area contributed by atoms with Crippen LogP contribution in [0.1, 0.15) is 29.8 Å². The maximum Gasteiger partial charge on any atom is 0.0547 e. The lowest BCUT2D eigenvalue weighted by Crippen LogP contribution is -2.21. The van der Waals surface area contributed by atoms with Gasteiger partial charge in [-0.15, -0.1) is 0 Å². The second kappa shape index (κ2) is 5.10. The lowest BCUT2D eigenvalue weighted by atomic mass is 10.1. The molecule has 0 aliphatic rings. The Kier molecular flexibility index (Phi) is 3.54. The van der Waals surface area contributed by atoms with Gasteiger partial charge in [0.1, 0.15) is 0 Å². The van der Waals surface area contributed by atoms with Gasteiger partial charge in [-0.05, 0) is 37.1 Å². The van der Waals surface area contributed by atoms with Gasteiger partial charge in [-0.3, -0.25) is 9.67 Å². The zero-order valence-corrected chi connectivity index (χ0v) is 10.5. The SMILES string of the molecule is Cc1ccncc1CNC(C)c1ccnn1C. The van der Waals surface area contributed by atoms with E-state index in [1.165, 1.54) is 16.8 Å². The van der Waals surface area contributed by atoms with Crippen molar-refractivity contribution < 1.29 is 0 Å². The molecule has 0 fully saturated rings. The maximum absolute atomic E-state index is 4.17. The molecule has 2 heterocycles. The molecular weight excluding hydrogens is 212 g/mol. The normalized spacial score (nSPS) is 12.6. The summed E-state index contributed by atoms with van der Waals surface area (Å²) in [7, 11) is 1.96. The number of nitrogens with zero attached hydrogens (tertiary/aromatic N) is 3. The van der Waals surface area contributed by atoms with Crippen LogP contribution in [0.3, 0.4) is 0 Å². The molecule has 0 bridgehead atoms. The predicted molar refractivity (Wildman–Crippen MR) is 67.4 cm³/mol. The van der Waals surface area contributed by atoms with E-state index >= 15 is 0 Å². The van der Waals surface area contributed by atoms with Gasteiger partial charge >= 0.3 is 0 Å². The van der Waals surface area contributed by atoms with Gasteiger partial charge in [0.05, 0.1) is 5.69 Å². The van der Waals surface area contributed by atoms with E-state index in [1.54, 1.807) is 0 Å². The molecule has 0 aliphatic carbocycles. The summed E-state index contributed by atoms with van der Waals surface area (Å²) in [6.45, 7) is 5.07. The van der Waals surface area contributed by atoms with E-state index in [1.807, 2.05) is 42.5 Å². The Balaban J connectivity index is 2.00. The molecule has 0 amide bonds. The van der Waals surface area contributed by atoms with Gasteiger partial charge < -0.3 is 5.32 Å². The van der Waals surface area contributed by atoms with E-state index in [9.17, 15) is 0 Å². The second-order valence-electron chi connectivity index (χ2n) is 4.28. The number of hydrogen-bond donors (Lipinski definition) is 1. The third-order valence-corrected chi connectivity index (χ3v) is 3.05. The molecule has 1 unspecified atom stereocenters. The minimum Gasteiger partial charge on any atom is -0.305 e. The molecule has 2 rings (SSSR count). The molecule has 0 spiro atoms. The molecule has 2 aromatic rings. The fraction of sp³-hybridized carbons (Fsp3) is 0.385. The van der Waals surface area contributed by atoms with E-state index in [0.717, 1.165) is 6.54 Å². The number of aryl methyl sites for hydroxylation is 2. The minimum absolute atomic E-state index is 0.280. The molecule has 4 nitrogen and oxygen atoms in total. The van der Waals surface area contributed by atoms with E-state index < -0.39 is 0 Å².